The summed E-state index contributed by atoms with van der Waals surface area (Å²) in [6.07, 6.45) is 0. The van der Waals surface area contributed by atoms with E-state index in [0.29, 0.717) is 41.7 Å². The van der Waals surface area contributed by atoms with Crippen LogP contribution in [0.1, 0.15) is 20.8 Å². The first-order valence-corrected chi connectivity index (χ1v) is 9.15. The minimum Gasteiger partial charge on any atom is -0.497 e. The first kappa shape index (κ1) is 19.5. The molecule has 3 amide bonds. The largest absolute Gasteiger partial charge is 0.497 e. The topological polar surface area (TPSA) is 79.9 Å². The first-order valence-electron chi connectivity index (χ1n) is 9.15. The van der Waals surface area contributed by atoms with Gasteiger partial charge in [0.1, 0.15) is 18.1 Å². The van der Waals surface area contributed by atoms with Crippen molar-refractivity contribution in [1.29, 1.82) is 0 Å². The van der Waals surface area contributed by atoms with Gasteiger partial charge in [0.15, 0.2) is 0 Å². The summed E-state index contributed by atoms with van der Waals surface area (Å²) in [5.74, 6) is 1.27. The molecule has 0 saturated carbocycles. The Bertz CT molecular complexity index is 895. The zero-order valence-corrected chi connectivity index (χ0v) is 16.5. The Hall–Kier alpha value is -3.22. The number of rotatable bonds is 4. The van der Waals surface area contributed by atoms with Gasteiger partial charge in [-0.25, -0.2) is 4.79 Å². The highest BCUT2D eigenvalue weighted by Gasteiger charge is 2.37. The van der Waals surface area contributed by atoms with Gasteiger partial charge in [-0.05, 0) is 51.1 Å². The molecule has 0 aliphatic carbocycles. The van der Waals surface area contributed by atoms with E-state index in [4.69, 9.17) is 9.47 Å². The molecule has 0 atom stereocenters. The number of nitrogens with one attached hydrogen (secondary N) is 2. The van der Waals surface area contributed by atoms with Crippen molar-refractivity contribution in [2.75, 3.05) is 35.8 Å². The maximum absolute atomic E-state index is 12.8. The quantitative estimate of drug-likeness (QED) is 0.833. The molecule has 0 bridgehead atoms. The molecule has 7 nitrogen and oxygen atoms in total. The summed E-state index contributed by atoms with van der Waals surface area (Å²) in [4.78, 5) is 26.9. The number of methoxy groups -OCH3 is 1. The molecule has 0 unspecified atom stereocenters. The van der Waals surface area contributed by atoms with E-state index < -0.39 is 11.4 Å². The van der Waals surface area contributed by atoms with Gasteiger partial charge < -0.3 is 25.0 Å². The van der Waals surface area contributed by atoms with Gasteiger partial charge in [0.2, 0.25) is 5.91 Å². The predicted molar refractivity (Wildman–Crippen MR) is 109 cm³/mol. The molecule has 0 aromatic heterocycles. The molecule has 0 radical (unpaired) electrons. The lowest BCUT2D eigenvalue weighted by Gasteiger charge is -2.27. The summed E-state index contributed by atoms with van der Waals surface area (Å²) < 4.78 is 11.0. The SMILES string of the molecule is CCN1C(=O)C(C)(C)COc2ccc(NC(=O)Nc3cccc(OC)c3)cc21. The Morgan fingerprint density at radius 2 is 1.89 bits per heavy atom. The summed E-state index contributed by atoms with van der Waals surface area (Å²) in [6.45, 7) is 6.46. The van der Waals surface area contributed by atoms with Crippen molar-refractivity contribution in [3.63, 3.8) is 0 Å². The number of benzene rings is 2. The van der Waals surface area contributed by atoms with Gasteiger partial charge in [0.05, 0.1) is 18.2 Å². The number of fused-ring (bicyclic) bond motifs is 1. The van der Waals surface area contributed by atoms with Gasteiger partial charge in [-0.15, -0.1) is 0 Å². The zero-order chi connectivity index (χ0) is 20.3. The highest BCUT2D eigenvalue weighted by Crippen LogP contribution is 2.38. The van der Waals surface area contributed by atoms with Crippen molar-refractivity contribution < 1.29 is 19.1 Å². The molecule has 2 aromatic rings. The second kappa shape index (κ2) is 7.80. The summed E-state index contributed by atoms with van der Waals surface area (Å²) in [7, 11) is 1.57. The number of ether oxygens (including phenoxy) is 2. The molecular formula is C21H25N3O4. The van der Waals surface area contributed by atoms with Crippen LogP contribution in [0.15, 0.2) is 42.5 Å². The standard InChI is InChI=1S/C21H25N3O4/c1-5-24-17-12-15(9-10-18(17)28-13-21(2,3)19(24)25)23-20(26)22-14-7-6-8-16(11-14)27-4/h6-12H,5,13H2,1-4H3,(H2,22,23,26). The molecule has 0 saturated heterocycles. The Morgan fingerprint density at radius 1 is 1.18 bits per heavy atom. The monoisotopic (exact) mass is 383 g/mol. The second-order valence-corrected chi connectivity index (χ2v) is 7.22. The smallest absolute Gasteiger partial charge is 0.323 e. The first-order chi connectivity index (χ1) is 13.3. The molecule has 0 spiro atoms. The van der Waals surface area contributed by atoms with Gasteiger partial charge in [-0.1, -0.05) is 6.07 Å². The Labute approximate surface area is 164 Å². The van der Waals surface area contributed by atoms with Crippen LogP contribution < -0.4 is 25.0 Å². The number of amides is 3. The maximum atomic E-state index is 12.8. The Balaban J connectivity index is 1.79. The van der Waals surface area contributed by atoms with Crippen LogP contribution in [0.5, 0.6) is 11.5 Å². The Kier molecular flexibility index (Phi) is 5.44. The van der Waals surface area contributed by atoms with Crippen molar-refractivity contribution in [2.24, 2.45) is 5.41 Å². The third kappa shape index (κ3) is 4.03. The van der Waals surface area contributed by atoms with Crippen molar-refractivity contribution in [1.82, 2.24) is 0 Å². The van der Waals surface area contributed by atoms with E-state index in [1.54, 1.807) is 54.5 Å². The van der Waals surface area contributed by atoms with Gasteiger partial charge in [0.25, 0.3) is 0 Å². The zero-order valence-electron chi connectivity index (χ0n) is 16.5. The number of hydrogen-bond donors (Lipinski definition) is 2. The van der Waals surface area contributed by atoms with Gasteiger partial charge in [-0.2, -0.15) is 0 Å². The van der Waals surface area contributed by atoms with E-state index >= 15 is 0 Å². The number of carbonyl (C=O) groups is 2. The lowest BCUT2D eigenvalue weighted by atomic mass is 9.93. The summed E-state index contributed by atoms with van der Waals surface area (Å²) in [6, 6.07) is 12.0. The summed E-state index contributed by atoms with van der Waals surface area (Å²) in [5.41, 5.74) is 1.21. The van der Waals surface area contributed by atoms with Crippen LogP contribution >= 0.6 is 0 Å². The third-order valence-corrected chi connectivity index (χ3v) is 4.56. The minimum atomic E-state index is -0.619. The molecule has 148 valence electrons. The molecule has 7 heteroatoms. The normalized spacial score (nSPS) is 15.1. The van der Waals surface area contributed by atoms with Crippen LogP contribution in [0.3, 0.4) is 0 Å². The summed E-state index contributed by atoms with van der Waals surface area (Å²) in [5, 5.41) is 5.56. The molecule has 2 N–H and O–H groups in total. The maximum Gasteiger partial charge on any atom is 0.323 e. The molecule has 1 aliphatic heterocycles. The predicted octanol–water partition coefficient (Wildman–Crippen LogP) is 4.11. The second-order valence-electron chi connectivity index (χ2n) is 7.22. The fourth-order valence-corrected chi connectivity index (χ4v) is 3.03. The van der Waals surface area contributed by atoms with Gasteiger partial charge >= 0.3 is 6.03 Å². The number of urea groups is 1. The average molecular weight is 383 g/mol. The van der Waals surface area contributed by atoms with E-state index in [9.17, 15) is 9.59 Å². The summed E-state index contributed by atoms with van der Waals surface area (Å²) >= 11 is 0. The Morgan fingerprint density at radius 3 is 2.57 bits per heavy atom. The molecule has 3 rings (SSSR count). The van der Waals surface area contributed by atoms with E-state index in [1.165, 1.54) is 0 Å². The lowest BCUT2D eigenvalue weighted by molar-refractivity contribution is -0.127. The van der Waals surface area contributed by atoms with E-state index in [-0.39, 0.29) is 5.91 Å². The molecular weight excluding hydrogens is 358 g/mol. The van der Waals surface area contributed by atoms with Crippen molar-refractivity contribution in [2.45, 2.75) is 20.8 Å². The number of nitrogens with zero attached hydrogens (tertiary/aromatic N) is 1. The minimum absolute atomic E-state index is 0.00766. The van der Waals surface area contributed by atoms with E-state index in [1.807, 2.05) is 20.8 Å². The molecule has 28 heavy (non-hydrogen) atoms. The van der Waals surface area contributed by atoms with Crippen molar-refractivity contribution in [3.8, 4) is 11.5 Å². The number of carbonyl (C=O) groups excluding carboxylic acids is 2. The number of hydrogen-bond acceptors (Lipinski definition) is 4. The molecule has 1 aliphatic rings. The van der Waals surface area contributed by atoms with Crippen LogP contribution in [0.2, 0.25) is 0 Å². The fourth-order valence-electron chi connectivity index (χ4n) is 3.03. The number of anilines is 3. The lowest BCUT2D eigenvalue weighted by Crippen LogP contribution is -2.42. The highest BCUT2D eigenvalue weighted by atomic mass is 16.5. The van der Waals surface area contributed by atoms with Crippen LogP contribution in [0.25, 0.3) is 0 Å². The van der Waals surface area contributed by atoms with Gasteiger partial charge in [0, 0.05) is 24.0 Å². The van der Waals surface area contributed by atoms with Crippen molar-refractivity contribution >= 4 is 29.0 Å². The molecule has 0 fully saturated rings. The fraction of sp³-hybridized carbons (Fsp3) is 0.333. The third-order valence-electron chi connectivity index (χ3n) is 4.56. The van der Waals surface area contributed by atoms with Crippen LogP contribution in [-0.4, -0.2) is 32.2 Å². The van der Waals surface area contributed by atoms with Crippen LogP contribution in [0, 0.1) is 5.41 Å². The highest BCUT2D eigenvalue weighted by molar-refractivity contribution is 6.02. The molecule has 2 aromatic carbocycles. The van der Waals surface area contributed by atoms with Crippen LogP contribution in [0.4, 0.5) is 21.9 Å². The van der Waals surface area contributed by atoms with Crippen LogP contribution in [-0.2, 0) is 4.79 Å². The van der Waals surface area contributed by atoms with Gasteiger partial charge in [-0.3, -0.25) is 4.79 Å². The van der Waals surface area contributed by atoms with E-state index in [0.717, 1.165) is 0 Å². The van der Waals surface area contributed by atoms with E-state index in [2.05, 4.69) is 10.6 Å². The van der Waals surface area contributed by atoms with Crippen molar-refractivity contribution in [3.05, 3.63) is 42.5 Å². The molecule has 1 heterocycles. The average Bonchev–Trinajstić information content (AvgIpc) is 2.76.